The molecule has 1 saturated carbocycles. The average Bonchev–Trinajstić information content (AvgIpc) is 3.58. The standard InChI is InChI=1S/C27H30N8OS2/c1-34(2)17-8-9-18(17)35-25-16(13-30-35)26(37-3)32-24(31-25)21-14-6-4-10-27(22(14)36-33-21)11-5-7-19-20(27)15(12-28)23(29)38-19/h13,17-18H,4-11,29H2,1-3H3/t17-,18-,27-/m0/s1. The van der Waals surface area contributed by atoms with Crippen molar-refractivity contribution in [2.24, 2.45) is 0 Å². The minimum atomic E-state index is -0.356. The number of aryl methyl sites for hydroxylation is 1. The molecule has 0 radical (unpaired) electrons. The van der Waals surface area contributed by atoms with Crippen molar-refractivity contribution >= 4 is 39.1 Å². The van der Waals surface area contributed by atoms with Gasteiger partial charge in [0.15, 0.2) is 22.9 Å². The highest BCUT2D eigenvalue weighted by Crippen LogP contribution is 2.55. The zero-order valence-electron chi connectivity index (χ0n) is 21.8. The summed E-state index contributed by atoms with van der Waals surface area (Å²) in [6, 6.07) is 3.14. The van der Waals surface area contributed by atoms with Crippen LogP contribution in [0.2, 0.25) is 0 Å². The third kappa shape index (κ3) is 3.26. The minimum absolute atomic E-state index is 0.295. The Bertz CT molecular complexity index is 1610. The Morgan fingerprint density at radius 2 is 2.05 bits per heavy atom. The fourth-order valence-electron chi connectivity index (χ4n) is 6.97. The molecule has 0 bridgehead atoms. The third-order valence-electron chi connectivity index (χ3n) is 8.86. The summed E-state index contributed by atoms with van der Waals surface area (Å²) in [5.74, 6) is 1.47. The Balaban J connectivity index is 1.38. The monoisotopic (exact) mass is 546 g/mol. The molecule has 0 saturated heterocycles. The summed E-state index contributed by atoms with van der Waals surface area (Å²) < 4.78 is 8.30. The first-order valence-electron chi connectivity index (χ1n) is 13.2. The van der Waals surface area contributed by atoms with Crippen LogP contribution in [0.1, 0.15) is 71.9 Å². The van der Waals surface area contributed by atoms with E-state index in [0.717, 1.165) is 90.0 Å². The number of nitrogen functional groups attached to an aromatic ring is 1. The van der Waals surface area contributed by atoms with Gasteiger partial charge in [0.05, 0.1) is 28.6 Å². The molecule has 0 aliphatic heterocycles. The maximum absolute atomic E-state index is 9.99. The summed E-state index contributed by atoms with van der Waals surface area (Å²) in [5.41, 5.74) is 10.3. The molecule has 1 fully saturated rings. The van der Waals surface area contributed by atoms with Gasteiger partial charge in [0.25, 0.3) is 0 Å². The number of thiophene rings is 1. The summed E-state index contributed by atoms with van der Waals surface area (Å²) in [4.78, 5) is 13.5. The predicted octanol–water partition coefficient (Wildman–Crippen LogP) is 4.94. The maximum Gasteiger partial charge on any atom is 0.185 e. The Kier molecular flexibility index (Phi) is 5.58. The summed E-state index contributed by atoms with van der Waals surface area (Å²) >= 11 is 3.16. The lowest BCUT2D eigenvalue weighted by Gasteiger charge is -2.41. The van der Waals surface area contributed by atoms with E-state index in [1.54, 1.807) is 23.1 Å². The van der Waals surface area contributed by atoms with Gasteiger partial charge in [-0.2, -0.15) is 10.4 Å². The van der Waals surface area contributed by atoms with Crippen molar-refractivity contribution in [3.05, 3.63) is 33.5 Å². The number of rotatable bonds is 4. The normalized spacial score (nSPS) is 24.4. The minimum Gasteiger partial charge on any atom is -0.389 e. The number of hydrogen-bond acceptors (Lipinski definition) is 10. The molecule has 38 heavy (non-hydrogen) atoms. The van der Waals surface area contributed by atoms with E-state index in [4.69, 9.17) is 25.3 Å². The second-order valence-corrected chi connectivity index (χ2v) is 12.9. The van der Waals surface area contributed by atoms with Crippen LogP contribution in [0.3, 0.4) is 0 Å². The number of fused-ring (bicyclic) bond motifs is 5. The third-order valence-corrected chi connectivity index (χ3v) is 10.6. The van der Waals surface area contributed by atoms with Gasteiger partial charge in [-0.25, -0.2) is 14.6 Å². The SMILES string of the molecule is CSc1nc(-c2noc3c2CCC[C@@]32CCCc3sc(N)c(C#N)c32)nc2c1cnn2[C@H]1CC[C@@H]1N(C)C. The molecule has 0 aromatic carbocycles. The maximum atomic E-state index is 9.99. The number of nitriles is 1. The van der Waals surface area contributed by atoms with Gasteiger partial charge in [-0.3, -0.25) is 0 Å². The Morgan fingerprint density at radius 1 is 1.24 bits per heavy atom. The Hall–Kier alpha value is -2.94. The van der Waals surface area contributed by atoms with Gasteiger partial charge in [-0.1, -0.05) is 5.16 Å². The average molecular weight is 547 g/mol. The van der Waals surface area contributed by atoms with Crippen LogP contribution in [0.15, 0.2) is 15.7 Å². The van der Waals surface area contributed by atoms with Crippen LogP contribution in [0.5, 0.6) is 0 Å². The van der Waals surface area contributed by atoms with Crippen LogP contribution in [0.4, 0.5) is 5.00 Å². The van der Waals surface area contributed by atoms with Crippen LogP contribution in [0.25, 0.3) is 22.6 Å². The molecular weight excluding hydrogens is 516 g/mol. The molecule has 0 amide bonds. The highest BCUT2D eigenvalue weighted by molar-refractivity contribution is 7.98. The topological polar surface area (TPSA) is 123 Å². The number of nitrogens with zero attached hydrogens (tertiary/aromatic N) is 7. The van der Waals surface area contributed by atoms with Gasteiger partial charge in [-0.05, 0) is 77.3 Å². The fourth-order valence-corrected chi connectivity index (χ4v) is 8.68. The number of likely N-dealkylation sites (N-methyl/N-ethyl adjacent to an activating group) is 1. The Labute approximate surface area is 229 Å². The van der Waals surface area contributed by atoms with Crippen molar-refractivity contribution in [1.82, 2.24) is 29.8 Å². The molecule has 3 atom stereocenters. The molecule has 11 heteroatoms. The molecule has 3 aliphatic carbocycles. The molecule has 1 spiro atoms. The smallest absolute Gasteiger partial charge is 0.185 e. The number of anilines is 1. The zero-order chi connectivity index (χ0) is 26.2. The summed E-state index contributed by atoms with van der Waals surface area (Å²) in [7, 11) is 4.26. The fraction of sp³-hybridized carbons (Fsp3) is 0.519. The van der Waals surface area contributed by atoms with Gasteiger partial charge < -0.3 is 15.2 Å². The first-order valence-corrected chi connectivity index (χ1v) is 15.3. The molecule has 9 nitrogen and oxygen atoms in total. The van der Waals surface area contributed by atoms with Crippen molar-refractivity contribution < 1.29 is 4.52 Å². The quantitative estimate of drug-likeness (QED) is 0.280. The van der Waals surface area contributed by atoms with E-state index in [1.807, 2.05) is 12.5 Å². The lowest BCUT2D eigenvalue weighted by molar-refractivity contribution is 0.107. The molecule has 196 valence electrons. The summed E-state index contributed by atoms with van der Waals surface area (Å²) in [5, 5.41) is 21.9. The highest BCUT2D eigenvalue weighted by Gasteiger charge is 2.49. The molecule has 4 heterocycles. The number of hydrogen-bond donors (Lipinski definition) is 1. The van der Waals surface area contributed by atoms with E-state index in [2.05, 4.69) is 34.9 Å². The lowest BCUT2D eigenvalue weighted by atomic mass is 9.63. The van der Waals surface area contributed by atoms with Gasteiger partial charge >= 0.3 is 0 Å². The molecule has 3 aliphatic rings. The predicted molar refractivity (Wildman–Crippen MR) is 148 cm³/mol. The van der Waals surface area contributed by atoms with E-state index >= 15 is 0 Å². The molecule has 4 aromatic rings. The van der Waals surface area contributed by atoms with Gasteiger partial charge in [0, 0.05) is 16.5 Å². The van der Waals surface area contributed by atoms with Crippen LogP contribution in [-0.4, -0.2) is 56.2 Å². The van der Waals surface area contributed by atoms with Crippen LogP contribution in [-0.2, 0) is 18.3 Å². The molecule has 4 aromatic heterocycles. The second-order valence-electron chi connectivity index (χ2n) is 10.9. The van der Waals surface area contributed by atoms with E-state index in [9.17, 15) is 5.26 Å². The highest BCUT2D eigenvalue weighted by atomic mass is 32.2. The van der Waals surface area contributed by atoms with Gasteiger partial charge in [0.1, 0.15) is 16.1 Å². The van der Waals surface area contributed by atoms with Crippen LogP contribution < -0.4 is 5.73 Å². The van der Waals surface area contributed by atoms with Gasteiger partial charge in [-0.15, -0.1) is 23.1 Å². The van der Waals surface area contributed by atoms with Crippen LogP contribution >= 0.6 is 23.1 Å². The van der Waals surface area contributed by atoms with Crippen LogP contribution in [0, 0.1) is 11.3 Å². The lowest BCUT2D eigenvalue weighted by Crippen LogP contribution is -2.44. The van der Waals surface area contributed by atoms with Crippen molar-refractivity contribution in [2.75, 3.05) is 26.1 Å². The molecule has 7 rings (SSSR count). The number of aromatic nitrogens is 5. The first-order chi connectivity index (χ1) is 18.5. The zero-order valence-corrected chi connectivity index (χ0v) is 23.5. The van der Waals surface area contributed by atoms with Crippen molar-refractivity contribution in [3.63, 3.8) is 0 Å². The largest absolute Gasteiger partial charge is 0.389 e. The second kappa shape index (κ2) is 8.79. The number of thioether (sulfide) groups is 1. The molecular formula is C27H30N8OS2. The Morgan fingerprint density at radius 3 is 2.76 bits per heavy atom. The van der Waals surface area contributed by atoms with Crippen molar-refractivity contribution in [3.8, 4) is 17.6 Å². The first kappa shape index (κ1) is 24.1. The van der Waals surface area contributed by atoms with E-state index in [1.165, 1.54) is 4.88 Å². The van der Waals surface area contributed by atoms with E-state index in [0.29, 0.717) is 28.5 Å². The summed E-state index contributed by atoms with van der Waals surface area (Å²) in [6.07, 6.45) is 11.9. The number of nitrogens with two attached hydrogens (primary N) is 1. The molecule has 2 N–H and O–H groups in total. The van der Waals surface area contributed by atoms with Crippen molar-refractivity contribution in [1.29, 1.82) is 5.26 Å². The van der Waals surface area contributed by atoms with E-state index in [-0.39, 0.29) is 5.41 Å². The van der Waals surface area contributed by atoms with Gasteiger partial charge in [0.2, 0.25) is 0 Å². The van der Waals surface area contributed by atoms with Crippen molar-refractivity contribution in [2.45, 2.75) is 73.9 Å². The molecule has 0 unspecified atom stereocenters. The van der Waals surface area contributed by atoms with E-state index < -0.39 is 0 Å². The summed E-state index contributed by atoms with van der Waals surface area (Å²) in [6.45, 7) is 0.